The molecule has 20 heavy (non-hydrogen) atoms. The minimum absolute atomic E-state index is 0.427. The van der Waals surface area contributed by atoms with Gasteiger partial charge in [-0.15, -0.1) is 0 Å². The van der Waals surface area contributed by atoms with E-state index in [2.05, 4.69) is 41.0 Å². The van der Waals surface area contributed by atoms with Gasteiger partial charge in [0.05, 0.1) is 0 Å². The zero-order valence-corrected chi connectivity index (χ0v) is 12.0. The van der Waals surface area contributed by atoms with Crippen molar-refractivity contribution < 1.29 is 4.79 Å². The summed E-state index contributed by atoms with van der Waals surface area (Å²) >= 11 is 0. The van der Waals surface area contributed by atoms with E-state index >= 15 is 0 Å². The predicted octanol–water partition coefficient (Wildman–Crippen LogP) is 2.05. The largest absolute Gasteiger partial charge is 0.352 e. The molecule has 110 valence electrons. The second kappa shape index (κ2) is 7.90. The molecule has 1 aromatic carbocycles. The average Bonchev–Trinajstić information content (AvgIpc) is 2.45. The summed E-state index contributed by atoms with van der Waals surface area (Å²) in [6.45, 7) is 1.78. The highest BCUT2D eigenvalue weighted by atomic mass is 16.2. The number of carbonyl (C=O) groups excluding carboxylic acids is 1. The molecule has 1 aliphatic heterocycles. The van der Waals surface area contributed by atoms with Crippen molar-refractivity contribution in [2.75, 3.05) is 13.1 Å². The highest BCUT2D eigenvalue weighted by Gasteiger charge is 2.21. The van der Waals surface area contributed by atoms with Gasteiger partial charge in [-0.05, 0) is 50.1 Å². The van der Waals surface area contributed by atoms with Crippen LogP contribution in [0.1, 0.15) is 31.2 Å². The SMILES string of the molecule is NC(=O)NCCCC1CC(Cc2ccccc2)CCN1. The van der Waals surface area contributed by atoms with Gasteiger partial charge in [0.2, 0.25) is 0 Å². The van der Waals surface area contributed by atoms with E-state index in [-0.39, 0.29) is 0 Å². The van der Waals surface area contributed by atoms with Crippen LogP contribution in [0.25, 0.3) is 0 Å². The second-order valence-electron chi connectivity index (χ2n) is 5.66. The number of benzene rings is 1. The minimum Gasteiger partial charge on any atom is -0.352 e. The van der Waals surface area contributed by atoms with E-state index in [0.29, 0.717) is 12.6 Å². The maximum atomic E-state index is 10.6. The van der Waals surface area contributed by atoms with Gasteiger partial charge in [0, 0.05) is 12.6 Å². The number of rotatable bonds is 6. The zero-order chi connectivity index (χ0) is 14.2. The van der Waals surface area contributed by atoms with E-state index in [1.165, 1.54) is 24.8 Å². The van der Waals surface area contributed by atoms with Gasteiger partial charge in [0.15, 0.2) is 0 Å². The molecule has 1 saturated heterocycles. The Labute approximate surface area is 121 Å². The molecule has 1 aromatic rings. The standard InChI is InChI=1S/C16H25N3O/c17-16(20)19-9-4-7-15-12-14(8-10-18-15)11-13-5-2-1-3-6-13/h1-3,5-6,14-15,18H,4,7-12H2,(H3,17,19,20). The third kappa shape index (κ3) is 5.21. The third-order valence-corrected chi connectivity index (χ3v) is 4.00. The quantitative estimate of drug-likeness (QED) is 0.696. The van der Waals surface area contributed by atoms with E-state index in [9.17, 15) is 4.79 Å². The third-order valence-electron chi connectivity index (χ3n) is 4.00. The molecule has 2 unspecified atom stereocenters. The smallest absolute Gasteiger partial charge is 0.312 e. The first-order chi connectivity index (χ1) is 9.74. The van der Waals surface area contributed by atoms with Crippen LogP contribution in [0.2, 0.25) is 0 Å². The number of piperidine rings is 1. The summed E-state index contributed by atoms with van der Waals surface area (Å²) < 4.78 is 0. The molecular formula is C16H25N3O. The number of hydrogen-bond acceptors (Lipinski definition) is 2. The van der Waals surface area contributed by atoms with E-state index in [4.69, 9.17) is 5.73 Å². The lowest BCUT2D eigenvalue weighted by Gasteiger charge is -2.30. The molecule has 1 fully saturated rings. The average molecular weight is 275 g/mol. The lowest BCUT2D eigenvalue weighted by molar-refractivity contribution is 0.247. The van der Waals surface area contributed by atoms with Gasteiger partial charge in [0.1, 0.15) is 0 Å². The molecule has 1 aliphatic rings. The molecule has 2 amide bonds. The molecule has 2 rings (SSSR count). The Bertz CT molecular complexity index is 407. The van der Waals surface area contributed by atoms with E-state index < -0.39 is 6.03 Å². The summed E-state index contributed by atoms with van der Waals surface area (Å²) in [6.07, 6.45) is 5.75. The molecule has 1 heterocycles. The van der Waals surface area contributed by atoms with Crippen LogP contribution in [0.4, 0.5) is 4.79 Å². The first-order valence-corrected chi connectivity index (χ1v) is 7.54. The van der Waals surface area contributed by atoms with E-state index in [0.717, 1.165) is 25.3 Å². The van der Waals surface area contributed by atoms with Crippen LogP contribution in [0, 0.1) is 5.92 Å². The van der Waals surface area contributed by atoms with Crippen LogP contribution in [-0.4, -0.2) is 25.2 Å². The van der Waals surface area contributed by atoms with Gasteiger partial charge in [-0.3, -0.25) is 0 Å². The Balaban J connectivity index is 1.70. The highest BCUT2D eigenvalue weighted by molar-refractivity contribution is 5.71. The molecule has 0 bridgehead atoms. The topological polar surface area (TPSA) is 67.2 Å². The molecule has 0 spiro atoms. The zero-order valence-electron chi connectivity index (χ0n) is 12.0. The molecule has 4 nitrogen and oxygen atoms in total. The van der Waals surface area contributed by atoms with Crippen molar-refractivity contribution in [1.82, 2.24) is 10.6 Å². The number of nitrogens with two attached hydrogens (primary N) is 1. The maximum absolute atomic E-state index is 10.6. The number of primary amides is 1. The fourth-order valence-electron chi connectivity index (χ4n) is 3.01. The van der Waals surface area contributed by atoms with Gasteiger partial charge in [-0.1, -0.05) is 30.3 Å². The van der Waals surface area contributed by atoms with Crippen LogP contribution >= 0.6 is 0 Å². The monoisotopic (exact) mass is 275 g/mol. The minimum atomic E-state index is -0.427. The first kappa shape index (κ1) is 14.9. The molecule has 2 atom stereocenters. The highest BCUT2D eigenvalue weighted by Crippen LogP contribution is 2.22. The Hall–Kier alpha value is -1.55. The Kier molecular flexibility index (Phi) is 5.87. The van der Waals surface area contributed by atoms with Crippen LogP contribution in [0.3, 0.4) is 0 Å². The van der Waals surface area contributed by atoms with Crippen LogP contribution < -0.4 is 16.4 Å². The molecular weight excluding hydrogens is 250 g/mol. The van der Waals surface area contributed by atoms with Gasteiger partial charge in [-0.2, -0.15) is 0 Å². The molecule has 0 aliphatic carbocycles. The summed E-state index contributed by atoms with van der Waals surface area (Å²) in [5, 5.41) is 6.23. The Morgan fingerprint density at radius 3 is 2.90 bits per heavy atom. The summed E-state index contributed by atoms with van der Waals surface area (Å²) in [5.41, 5.74) is 6.49. The predicted molar refractivity (Wildman–Crippen MR) is 81.5 cm³/mol. The van der Waals surface area contributed by atoms with Crippen molar-refractivity contribution in [1.29, 1.82) is 0 Å². The van der Waals surface area contributed by atoms with E-state index in [1.807, 2.05) is 0 Å². The Morgan fingerprint density at radius 2 is 2.15 bits per heavy atom. The summed E-state index contributed by atoms with van der Waals surface area (Å²) in [4.78, 5) is 10.6. The summed E-state index contributed by atoms with van der Waals surface area (Å²) in [6, 6.07) is 10.9. The molecule has 0 saturated carbocycles. The van der Waals surface area contributed by atoms with Crippen LogP contribution in [0.15, 0.2) is 30.3 Å². The Morgan fingerprint density at radius 1 is 1.35 bits per heavy atom. The van der Waals surface area contributed by atoms with Crippen molar-refractivity contribution in [2.45, 2.75) is 38.1 Å². The van der Waals surface area contributed by atoms with E-state index in [1.54, 1.807) is 0 Å². The van der Waals surface area contributed by atoms with Gasteiger partial charge < -0.3 is 16.4 Å². The number of carbonyl (C=O) groups is 1. The molecule has 4 N–H and O–H groups in total. The molecule has 0 aromatic heterocycles. The number of urea groups is 1. The van der Waals surface area contributed by atoms with Gasteiger partial charge >= 0.3 is 6.03 Å². The lowest BCUT2D eigenvalue weighted by Crippen LogP contribution is -2.39. The lowest BCUT2D eigenvalue weighted by atomic mass is 9.86. The summed E-state index contributed by atoms with van der Waals surface area (Å²) in [5.74, 6) is 0.771. The second-order valence-corrected chi connectivity index (χ2v) is 5.66. The van der Waals surface area contributed by atoms with Crippen molar-refractivity contribution >= 4 is 6.03 Å². The van der Waals surface area contributed by atoms with Crippen molar-refractivity contribution in [3.8, 4) is 0 Å². The van der Waals surface area contributed by atoms with Gasteiger partial charge in [0.25, 0.3) is 0 Å². The van der Waals surface area contributed by atoms with Crippen molar-refractivity contribution in [3.05, 3.63) is 35.9 Å². The van der Waals surface area contributed by atoms with Crippen molar-refractivity contribution in [2.24, 2.45) is 11.7 Å². The fourth-order valence-corrected chi connectivity index (χ4v) is 3.01. The summed E-state index contributed by atoms with van der Waals surface area (Å²) in [7, 11) is 0. The van der Waals surface area contributed by atoms with Gasteiger partial charge in [-0.25, -0.2) is 4.79 Å². The molecule has 0 radical (unpaired) electrons. The fraction of sp³-hybridized carbons (Fsp3) is 0.562. The maximum Gasteiger partial charge on any atom is 0.312 e. The molecule has 4 heteroatoms. The first-order valence-electron chi connectivity index (χ1n) is 7.54. The van der Waals surface area contributed by atoms with Crippen molar-refractivity contribution in [3.63, 3.8) is 0 Å². The number of nitrogens with one attached hydrogen (secondary N) is 2. The normalized spacial score (nSPS) is 22.4. The van der Waals surface area contributed by atoms with Crippen LogP contribution in [-0.2, 0) is 6.42 Å². The number of amides is 2. The number of hydrogen-bond donors (Lipinski definition) is 3. The van der Waals surface area contributed by atoms with Crippen LogP contribution in [0.5, 0.6) is 0 Å².